The Morgan fingerprint density at radius 1 is 1.24 bits per heavy atom. The first-order valence-electron chi connectivity index (χ1n) is 13.3. The van der Waals surface area contributed by atoms with Gasteiger partial charge in [0, 0.05) is 39.3 Å². The number of aliphatic imine (C=N–C) groups is 1. The number of fused-ring (bicyclic) bond motifs is 1. The van der Waals surface area contributed by atoms with E-state index in [4.69, 9.17) is 24.2 Å². The van der Waals surface area contributed by atoms with Crippen molar-refractivity contribution >= 4 is 39.2 Å². The van der Waals surface area contributed by atoms with Crippen LogP contribution in [0.15, 0.2) is 29.0 Å². The highest BCUT2D eigenvalue weighted by Gasteiger charge is 2.34. The fraction of sp³-hybridized carbons (Fsp3) is 0.593. The highest BCUT2D eigenvalue weighted by atomic mass is 32.1. The van der Waals surface area contributed by atoms with E-state index in [-0.39, 0.29) is 12.1 Å². The summed E-state index contributed by atoms with van der Waals surface area (Å²) >= 11 is 1.65. The van der Waals surface area contributed by atoms with Gasteiger partial charge in [-0.05, 0) is 52.2 Å². The molecule has 0 radical (unpaired) electrons. The van der Waals surface area contributed by atoms with Gasteiger partial charge in [0.25, 0.3) is 0 Å². The van der Waals surface area contributed by atoms with E-state index in [1.807, 2.05) is 32.9 Å². The number of ether oxygens (including phenoxy) is 3. The zero-order valence-electron chi connectivity index (χ0n) is 22.9. The van der Waals surface area contributed by atoms with Gasteiger partial charge in [0.1, 0.15) is 16.4 Å². The Labute approximate surface area is 228 Å². The number of likely N-dealkylation sites (tertiary alicyclic amines) is 1. The molecule has 0 aliphatic carbocycles. The molecule has 11 heteroatoms. The number of aromatic nitrogens is 1. The number of piperidine rings is 1. The molecule has 38 heavy (non-hydrogen) atoms. The Morgan fingerprint density at radius 3 is 2.74 bits per heavy atom. The van der Waals surface area contributed by atoms with Crippen molar-refractivity contribution in [3.63, 3.8) is 0 Å². The summed E-state index contributed by atoms with van der Waals surface area (Å²) in [5, 5.41) is 8.14. The first-order valence-corrected chi connectivity index (χ1v) is 14.1. The predicted octanol–water partition coefficient (Wildman–Crippen LogP) is 3.53. The van der Waals surface area contributed by atoms with Crippen molar-refractivity contribution in [3.05, 3.63) is 34.6 Å². The molecule has 2 unspecified atom stereocenters. The minimum Gasteiger partial charge on any atom is -0.444 e. The molecule has 2 atom stereocenters. The second-order valence-electron chi connectivity index (χ2n) is 10.9. The molecule has 1 amide bonds. The topological polar surface area (TPSA) is 101 Å². The number of nitrogens with one attached hydrogen (secondary N) is 2. The molecule has 4 heterocycles. The third-order valence-electron chi connectivity index (χ3n) is 6.79. The lowest BCUT2D eigenvalue weighted by molar-refractivity contribution is 0.0190. The monoisotopic (exact) mass is 542 g/mol. The van der Waals surface area contributed by atoms with Crippen LogP contribution in [-0.4, -0.2) is 91.2 Å². The van der Waals surface area contributed by atoms with Gasteiger partial charge in [-0.15, -0.1) is 11.3 Å². The van der Waals surface area contributed by atoms with Gasteiger partial charge < -0.3 is 34.6 Å². The summed E-state index contributed by atoms with van der Waals surface area (Å²) in [4.78, 5) is 26.7. The fourth-order valence-corrected chi connectivity index (χ4v) is 6.03. The molecule has 10 nitrogen and oxygen atoms in total. The molecule has 5 rings (SSSR count). The lowest BCUT2D eigenvalue weighted by Crippen LogP contribution is -2.55. The maximum atomic E-state index is 12.8. The van der Waals surface area contributed by atoms with E-state index in [9.17, 15) is 4.79 Å². The molecule has 2 aromatic rings. The van der Waals surface area contributed by atoms with Crippen molar-refractivity contribution < 1.29 is 19.0 Å². The molecule has 0 bridgehead atoms. The average molecular weight is 543 g/mol. The highest BCUT2D eigenvalue weighted by Crippen LogP contribution is 2.34. The Morgan fingerprint density at radius 2 is 2.03 bits per heavy atom. The fourth-order valence-electron chi connectivity index (χ4n) is 4.94. The number of amides is 1. The number of hydrogen-bond acceptors (Lipinski definition) is 10. The van der Waals surface area contributed by atoms with Gasteiger partial charge in [-0.2, -0.15) is 0 Å². The summed E-state index contributed by atoms with van der Waals surface area (Å²) in [6.45, 7) is 11.8. The van der Waals surface area contributed by atoms with Crippen molar-refractivity contribution in [1.29, 1.82) is 0 Å². The first kappa shape index (κ1) is 26.7. The van der Waals surface area contributed by atoms with E-state index in [1.165, 1.54) is 5.56 Å². The number of morpholine rings is 1. The number of guanidine groups is 1. The van der Waals surface area contributed by atoms with Crippen LogP contribution in [0.3, 0.4) is 0 Å². The third-order valence-corrected chi connectivity index (χ3v) is 8.03. The van der Waals surface area contributed by atoms with Crippen LogP contribution in [-0.2, 0) is 14.2 Å². The summed E-state index contributed by atoms with van der Waals surface area (Å²) < 4.78 is 18.3. The summed E-state index contributed by atoms with van der Waals surface area (Å²) in [5.41, 5.74) is 2.50. The highest BCUT2D eigenvalue weighted by molar-refractivity contribution is 7.19. The van der Waals surface area contributed by atoms with E-state index in [0.29, 0.717) is 26.3 Å². The van der Waals surface area contributed by atoms with Gasteiger partial charge in [-0.1, -0.05) is 12.1 Å². The number of carbonyl (C=O) groups excluding carboxylic acids is 1. The molecule has 1 aromatic heterocycles. The van der Waals surface area contributed by atoms with E-state index in [2.05, 4.69) is 28.5 Å². The number of aryl methyl sites for hydroxylation is 1. The minimum absolute atomic E-state index is 0.0337. The van der Waals surface area contributed by atoms with Gasteiger partial charge in [0.05, 0.1) is 29.0 Å². The van der Waals surface area contributed by atoms with Crippen LogP contribution in [0, 0.1) is 6.92 Å². The summed E-state index contributed by atoms with van der Waals surface area (Å²) in [7, 11) is 1.68. The number of benzene rings is 1. The summed E-state index contributed by atoms with van der Waals surface area (Å²) in [6, 6.07) is 6.21. The number of methoxy groups -OCH3 is 1. The molecule has 206 valence electrons. The molecule has 1 aromatic carbocycles. The van der Waals surface area contributed by atoms with E-state index in [1.54, 1.807) is 23.3 Å². The Bertz CT molecular complexity index is 1230. The van der Waals surface area contributed by atoms with Crippen LogP contribution in [0.25, 0.3) is 15.8 Å². The summed E-state index contributed by atoms with van der Waals surface area (Å²) in [6.07, 6.45) is 1.01. The Hall–Kier alpha value is -2.89. The molecule has 0 saturated carbocycles. The number of hydrogen-bond donors (Lipinski definition) is 2. The van der Waals surface area contributed by atoms with E-state index < -0.39 is 11.8 Å². The smallest absolute Gasteiger partial charge is 0.410 e. The number of nitrogens with zero attached hydrogens (tertiary/aromatic N) is 4. The first-order chi connectivity index (χ1) is 18.2. The number of thiazole rings is 1. The maximum absolute atomic E-state index is 12.8. The predicted molar refractivity (Wildman–Crippen MR) is 149 cm³/mol. The lowest BCUT2D eigenvalue weighted by atomic mass is 10.1. The van der Waals surface area contributed by atoms with Crippen LogP contribution < -0.4 is 10.6 Å². The average Bonchev–Trinajstić information content (AvgIpc) is 3.33. The standard InChI is InChI=1S/C27H38N6O4S/c1-17-8-6-10-19-21(17)38-24(29-19)20-22(30-25(31-23(20)35-5)32-12-14-36-15-13-32)28-18-9-7-11-33(16-18)26(34)37-27(2,3)4/h6,8,10,18,23,28H,7,9,11-16H2,1-5H3,(H,30,31). The van der Waals surface area contributed by atoms with Crippen LogP contribution in [0.1, 0.15) is 44.2 Å². The van der Waals surface area contributed by atoms with Crippen LogP contribution in [0.5, 0.6) is 0 Å². The maximum Gasteiger partial charge on any atom is 0.410 e. The van der Waals surface area contributed by atoms with Crippen molar-refractivity contribution in [2.24, 2.45) is 4.99 Å². The molecular formula is C27H38N6O4S. The van der Waals surface area contributed by atoms with Gasteiger partial charge in [-0.25, -0.2) is 14.8 Å². The molecular weight excluding hydrogens is 504 g/mol. The zero-order valence-corrected chi connectivity index (χ0v) is 23.7. The largest absolute Gasteiger partial charge is 0.444 e. The molecule has 3 aliphatic rings. The lowest BCUT2D eigenvalue weighted by Gasteiger charge is -2.38. The van der Waals surface area contributed by atoms with Crippen molar-refractivity contribution in [2.75, 3.05) is 46.5 Å². The summed E-state index contributed by atoms with van der Waals surface area (Å²) in [5.74, 6) is 1.57. The SMILES string of the molecule is COC1N=C(N2CCOCC2)NC(NC2CCCN(C(=O)OC(C)(C)C)C2)=C1c1nc2cccc(C)c2s1. The molecule has 2 saturated heterocycles. The van der Waals surface area contributed by atoms with Crippen LogP contribution in [0.2, 0.25) is 0 Å². The second-order valence-corrected chi connectivity index (χ2v) is 11.9. The Balaban J connectivity index is 1.46. The normalized spacial score (nSPS) is 22.8. The number of rotatable bonds is 4. The van der Waals surface area contributed by atoms with Gasteiger partial charge in [-0.3, -0.25) is 0 Å². The van der Waals surface area contributed by atoms with Crippen LogP contribution in [0.4, 0.5) is 4.79 Å². The quantitative estimate of drug-likeness (QED) is 0.605. The minimum atomic E-state index is -0.529. The zero-order chi connectivity index (χ0) is 26.9. The van der Waals surface area contributed by atoms with Crippen LogP contribution >= 0.6 is 11.3 Å². The van der Waals surface area contributed by atoms with E-state index >= 15 is 0 Å². The van der Waals surface area contributed by atoms with Crippen molar-refractivity contribution in [3.8, 4) is 0 Å². The van der Waals surface area contributed by atoms with Gasteiger partial charge in [0.15, 0.2) is 6.23 Å². The Kier molecular flexibility index (Phi) is 7.78. The molecule has 3 aliphatic heterocycles. The molecule has 2 N–H and O–H groups in total. The number of carbonyl (C=O) groups is 1. The third kappa shape index (κ3) is 5.89. The molecule has 2 fully saturated rings. The van der Waals surface area contributed by atoms with Crippen molar-refractivity contribution in [1.82, 2.24) is 25.4 Å². The van der Waals surface area contributed by atoms with E-state index in [0.717, 1.165) is 58.5 Å². The van der Waals surface area contributed by atoms with Gasteiger partial charge in [0.2, 0.25) is 5.96 Å². The van der Waals surface area contributed by atoms with Crippen molar-refractivity contribution in [2.45, 2.75) is 58.4 Å². The second kappa shape index (κ2) is 11.1. The molecule has 0 spiro atoms. The van der Waals surface area contributed by atoms with Gasteiger partial charge >= 0.3 is 6.09 Å².